The van der Waals surface area contributed by atoms with Crippen molar-refractivity contribution < 1.29 is 4.74 Å². The molecule has 3 heteroatoms. The first-order chi connectivity index (χ1) is 8.13. The summed E-state index contributed by atoms with van der Waals surface area (Å²) >= 11 is 0. The molecule has 1 aliphatic rings. The molecule has 0 aromatic carbocycles. The third kappa shape index (κ3) is 5.84. The normalized spacial score (nSPS) is 25.8. The van der Waals surface area contributed by atoms with E-state index in [0.29, 0.717) is 12.1 Å². The highest BCUT2D eigenvalue weighted by molar-refractivity contribution is 4.75. The summed E-state index contributed by atoms with van der Waals surface area (Å²) in [5.41, 5.74) is 5.78. The lowest BCUT2D eigenvalue weighted by molar-refractivity contribution is -0.0149. The predicted molar refractivity (Wildman–Crippen MR) is 73.1 cm³/mol. The molecule has 0 aliphatic carbocycles. The zero-order chi connectivity index (χ0) is 12.7. The van der Waals surface area contributed by atoms with Crippen LogP contribution >= 0.6 is 0 Å². The molecule has 1 aliphatic heterocycles. The first-order valence-corrected chi connectivity index (χ1v) is 7.20. The Balaban J connectivity index is 2.21. The van der Waals surface area contributed by atoms with Crippen molar-refractivity contribution in [2.75, 3.05) is 26.3 Å². The molecule has 1 fully saturated rings. The quantitative estimate of drug-likeness (QED) is 0.744. The van der Waals surface area contributed by atoms with Crippen molar-refractivity contribution in [2.45, 2.75) is 58.5 Å². The second kappa shape index (κ2) is 8.06. The third-order valence-electron chi connectivity index (χ3n) is 3.72. The lowest BCUT2D eigenvalue weighted by Gasteiger charge is -2.36. The summed E-state index contributed by atoms with van der Waals surface area (Å²) in [6, 6.07) is 0.994. The molecule has 1 saturated heterocycles. The largest absolute Gasteiger partial charge is 0.378 e. The van der Waals surface area contributed by atoms with Crippen LogP contribution in [0.1, 0.15) is 46.5 Å². The van der Waals surface area contributed by atoms with Crippen LogP contribution in [-0.2, 0) is 4.74 Å². The fourth-order valence-electron chi connectivity index (χ4n) is 2.59. The van der Waals surface area contributed by atoms with Crippen molar-refractivity contribution >= 4 is 0 Å². The van der Waals surface area contributed by atoms with Gasteiger partial charge in [0.05, 0.1) is 13.2 Å². The molecule has 17 heavy (non-hydrogen) atoms. The average Bonchev–Trinajstić information content (AvgIpc) is 2.29. The van der Waals surface area contributed by atoms with Crippen LogP contribution in [0.3, 0.4) is 0 Å². The summed E-state index contributed by atoms with van der Waals surface area (Å²) in [4.78, 5) is 2.61. The summed E-state index contributed by atoms with van der Waals surface area (Å²) in [5.74, 6) is 0.779. The summed E-state index contributed by atoms with van der Waals surface area (Å²) in [5, 5.41) is 0. The third-order valence-corrected chi connectivity index (χ3v) is 3.72. The van der Waals surface area contributed by atoms with Gasteiger partial charge in [0.1, 0.15) is 0 Å². The van der Waals surface area contributed by atoms with Crippen molar-refractivity contribution in [1.82, 2.24) is 4.90 Å². The molecule has 3 atom stereocenters. The van der Waals surface area contributed by atoms with E-state index in [4.69, 9.17) is 10.5 Å². The van der Waals surface area contributed by atoms with Crippen LogP contribution in [0.2, 0.25) is 0 Å². The van der Waals surface area contributed by atoms with Gasteiger partial charge in [-0.1, -0.05) is 20.3 Å². The van der Waals surface area contributed by atoms with Gasteiger partial charge in [0.25, 0.3) is 0 Å². The minimum atomic E-state index is 0.356. The van der Waals surface area contributed by atoms with Crippen LogP contribution < -0.4 is 5.73 Å². The van der Waals surface area contributed by atoms with E-state index >= 15 is 0 Å². The summed E-state index contributed by atoms with van der Waals surface area (Å²) in [6.07, 6.45) is 4.92. The highest BCUT2D eigenvalue weighted by Gasteiger charge is 2.22. The van der Waals surface area contributed by atoms with Gasteiger partial charge in [0.15, 0.2) is 0 Å². The Morgan fingerprint density at radius 1 is 1.35 bits per heavy atom. The van der Waals surface area contributed by atoms with E-state index in [2.05, 4.69) is 25.7 Å². The van der Waals surface area contributed by atoms with Crippen molar-refractivity contribution in [3.63, 3.8) is 0 Å². The lowest BCUT2D eigenvalue weighted by atomic mass is 10.0. The van der Waals surface area contributed by atoms with Crippen LogP contribution in [0.25, 0.3) is 0 Å². The number of rotatable bonds is 7. The number of nitrogens with zero attached hydrogens (tertiary/aromatic N) is 1. The maximum absolute atomic E-state index is 5.78. The topological polar surface area (TPSA) is 38.5 Å². The Morgan fingerprint density at radius 2 is 2.12 bits per heavy atom. The fourth-order valence-corrected chi connectivity index (χ4v) is 2.59. The predicted octanol–water partition coefficient (Wildman–Crippen LogP) is 2.25. The molecule has 102 valence electrons. The van der Waals surface area contributed by atoms with Crippen LogP contribution in [0.4, 0.5) is 0 Å². The average molecular weight is 242 g/mol. The molecule has 0 spiro atoms. The van der Waals surface area contributed by atoms with Gasteiger partial charge in [-0.05, 0) is 32.1 Å². The first-order valence-electron chi connectivity index (χ1n) is 7.20. The highest BCUT2D eigenvalue weighted by atomic mass is 16.5. The van der Waals surface area contributed by atoms with Crippen LogP contribution in [0, 0.1) is 5.92 Å². The van der Waals surface area contributed by atoms with Crippen LogP contribution in [-0.4, -0.2) is 43.3 Å². The monoisotopic (exact) mass is 242 g/mol. The van der Waals surface area contributed by atoms with E-state index < -0.39 is 0 Å². The number of ether oxygens (including phenoxy) is 1. The van der Waals surface area contributed by atoms with Gasteiger partial charge >= 0.3 is 0 Å². The van der Waals surface area contributed by atoms with Gasteiger partial charge < -0.3 is 10.5 Å². The molecular formula is C14H30N2O. The van der Waals surface area contributed by atoms with Gasteiger partial charge in [0.2, 0.25) is 0 Å². The molecule has 0 radical (unpaired) electrons. The van der Waals surface area contributed by atoms with Crippen molar-refractivity contribution in [3.05, 3.63) is 0 Å². The standard InChI is InChI=1S/C14H30N2O/c1-4-14-11-17-9-8-16(14)10-12(2)6-5-7-13(3)15/h12-14H,4-11,15H2,1-3H3. The molecule has 1 rings (SSSR count). The molecular weight excluding hydrogens is 212 g/mol. The fraction of sp³-hybridized carbons (Fsp3) is 1.00. The maximum Gasteiger partial charge on any atom is 0.0622 e. The van der Waals surface area contributed by atoms with E-state index in [9.17, 15) is 0 Å². The Morgan fingerprint density at radius 3 is 2.76 bits per heavy atom. The Hall–Kier alpha value is -0.120. The molecule has 0 saturated carbocycles. The molecule has 0 bridgehead atoms. The first kappa shape index (κ1) is 14.9. The number of morpholine rings is 1. The van der Waals surface area contributed by atoms with Gasteiger partial charge in [-0.3, -0.25) is 4.90 Å². The van der Waals surface area contributed by atoms with Crippen molar-refractivity contribution in [2.24, 2.45) is 11.7 Å². The minimum Gasteiger partial charge on any atom is -0.378 e. The summed E-state index contributed by atoms with van der Waals surface area (Å²) < 4.78 is 5.54. The summed E-state index contributed by atoms with van der Waals surface area (Å²) in [7, 11) is 0. The number of nitrogens with two attached hydrogens (primary N) is 1. The smallest absolute Gasteiger partial charge is 0.0622 e. The van der Waals surface area contributed by atoms with E-state index in [1.165, 1.54) is 25.8 Å². The molecule has 3 nitrogen and oxygen atoms in total. The van der Waals surface area contributed by atoms with Crippen molar-refractivity contribution in [1.29, 1.82) is 0 Å². The van der Waals surface area contributed by atoms with Gasteiger partial charge in [-0.25, -0.2) is 0 Å². The number of hydrogen-bond acceptors (Lipinski definition) is 3. The Kier molecular flexibility index (Phi) is 7.09. The molecule has 3 unspecified atom stereocenters. The van der Waals surface area contributed by atoms with Crippen LogP contribution in [0.15, 0.2) is 0 Å². The highest BCUT2D eigenvalue weighted by Crippen LogP contribution is 2.16. The molecule has 1 heterocycles. The Labute approximate surface area is 107 Å². The lowest BCUT2D eigenvalue weighted by Crippen LogP contribution is -2.46. The van der Waals surface area contributed by atoms with E-state index in [-0.39, 0.29) is 0 Å². The molecule has 0 aromatic rings. The van der Waals surface area contributed by atoms with E-state index in [0.717, 1.165) is 32.1 Å². The second-order valence-corrected chi connectivity index (χ2v) is 5.65. The van der Waals surface area contributed by atoms with Gasteiger partial charge in [0, 0.05) is 25.2 Å². The number of hydrogen-bond donors (Lipinski definition) is 1. The van der Waals surface area contributed by atoms with E-state index in [1.807, 2.05) is 0 Å². The van der Waals surface area contributed by atoms with Crippen LogP contribution in [0.5, 0.6) is 0 Å². The van der Waals surface area contributed by atoms with Gasteiger partial charge in [-0.15, -0.1) is 0 Å². The zero-order valence-electron chi connectivity index (χ0n) is 11.8. The maximum atomic E-state index is 5.78. The second-order valence-electron chi connectivity index (χ2n) is 5.65. The molecule has 0 amide bonds. The summed E-state index contributed by atoms with van der Waals surface area (Å²) in [6.45, 7) is 10.9. The molecule has 0 aromatic heterocycles. The van der Waals surface area contributed by atoms with Crippen molar-refractivity contribution in [3.8, 4) is 0 Å². The Bertz CT molecular complexity index is 197. The SMILES string of the molecule is CCC1COCCN1CC(C)CCCC(C)N. The van der Waals surface area contributed by atoms with Gasteiger partial charge in [-0.2, -0.15) is 0 Å². The van der Waals surface area contributed by atoms with E-state index in [1.54, 1.807) is 0 Å². The molecule has 2 N–H and O–H groups in total. The minimum absolute atomic E-state index is 0.356. The zero-order valence-corrected chi connectivity index (χ0v) is 11.8.